The van der Waals surface area contributed by atoms with Crippen molar-refractivity contribution in [3.63, 3.8) is 0 Å². The number of para-hydroxylation sites is 1. The van der Waals surface area contributed by atoms with Crippen molar-refractivity contribution in [2.45, 2.75) is 0 Å². The number of benzene rings is 2. The number of amides is 1. The first-order chi connectivity index (χ1) is 15.3. The lowest BCUT2D eigenvalue weighted by molar-refractivity contribution is 0.102. The molecule has 0 unspecified atom stereocenters. The number of carbonyl (C=O) groups excluding carboxylic acids is 1. The normalized spacial score (nSPS) is 13.9. The Kier molecular flexibility index (Phi) is 5.29. The quantitative estimate of drug-likeness (QED) is 0.541. The summed E-state index contributed by atoms with van der Waals surface area (Å²) in [6.45, 7) is 3.13. The van der Waals surface area contributed by atoms with Crippen LogP contribution in [0.1, 0.15) is 10.4 Å². The van der Waals surface area contributed by atoms with Gasteiger partial charge in [0.05, 0.1) is 41.9 Å². The van der Waals surface area contributed by atoms with E-state index < -0.39 is 0 Å². The van der Waals surface area contributed by atoms with Crippen molar-refractivity contribution >= 4 is 28.3 Å². The number of hydrogen-bond acceptors (Lipinski definition) is 5. The Morgan fingerprint density at radius 1 is 0.935 bits per heavy atom. The Morgan fingerprint density at radius 3 is 2.48 bits per heavy atom. The monoisotopic (exact) mass is 410 g/mol. The number of rotatable bonds is 4. The van der Waals surface area contributed by atoms with Gasteiger partial charge in [-0.3, -0.25) is 4.79 Å². The topological polar surface area (TPSA) is 67.4 Å². The van der Waals surface area contributed by atoms with Gasteiger partial charge >= 0.3 is 0 Å². The minimum absolute atomic E-state index is 0.206. The molecule has 0 spiro atoms. The summed E-state index contributed by atoms with van der Waals surface area (Å²) in [6.07, 6.45) is 1.79. The van der Waals surface area contributed by atoms with Crippen molar-refractivity contribution < 1.29 is 9.53 Å². The Morgan fingerprint density at radius 2 is 1.71 bits per heavy atom. The second-order valence-electron chi connectivity index (χ2n) is 7.39. The SMILES string of the molecule is O=C(Nc1ccc(N2CCOCC2)cn1)c1cc(-c2ccccc2)nc2ccccc12. The van der Waals surface area contributed by atoms with Crippen LogP contribution in [-0.2, 0) is 4.74 Å². The van der Waals surface area contributed by atoms with Crippen molar-refractivity contribution in [3.05, 3.63) is 84.6 Å². The second kappa shape index (κ2) is 8.53. The largest absolute Gasteiger partial charge is 0.378 e. The Labute approximate surface area is 180 Å². The molecule has 5 rings (SSSR count). The van der Waals surface area contributed by atoms with Crippen LogP contribution in [0.3, 0.4) is 0 Å². The van der Waals surface area contributed by atoms with Gasteiger partial charge in [0.25, 0.3) is 5.91 Å². The number of ether oxygens (including phenoxy) is 1. The van der Waals surface area contributed by atoms with E-state index in [1.807, 2.05) is 72.8 Å². The molecule has 0 aliphatic carbocycles. The number of aromatic nitrogens is 2. The molecule has 0 atom stereocenters. The summed E-state index contributed by atoms with van der Waals surface area (Å²) in [4.78, 5) is 24.6. The lowest BCUT2D eigenvalue weighted by Gasteiger charge is -2.28. The van der Waals surface area contributed by atoms with E-state index in [9.17, 15) is 4.79 Å². The molecule has 6 nitrogen and oxygen atoms in total. The zero-order valence-corrected chi connectivity index (χ0v) is 17.0. The second-order valence-corrected chi connectivity index (χ2v) is 7.39. The Balaban J connectivity index is 1.44. The van der Waals surface area contributed by atoms with Crippen LogP contribution in [0.25, 0.3) is 22.2 Å². The average molecular weight is 410 g/mol. The molecule has 1 N–H and O–H groups in total. The van der Waals surface area contributed by atoms with E-state index in [1.165, 1.54) is 0 Å². The fraction of sp³-hybridized carbons (Fsp3) is 0.160. The van der Waals surface area contributed by atoms with Crippen LogP contribution >= 0.6 is 0 Å². The zero-order valence-electron chi connectivity index (χ0n) is 17.0. The molecule has 0 saturated carbocycles. The highest BCUT2D eigenvalue weighted by Crippen LogP contribution is 2.25. The maximum absolute atomic E-state index is 13.2. The number of fused-ring (bicyclic) bond motifs is 1. The van der Waals surface area contributed by atoms with Crippen LogP contribution in [-0.4, -0.2) is 42.2 Å². The maximum Gasteiger partial charge on any atom is 0.257 e. The zero-order chi connectivity index (χ0) is 21.0. The molecule has 6 heteroatoms. The fourth-order valence-corrected chi connectivity index (χ4v) is 3.77. The molecule has 4 aromatic rings. The molecular formula is C25H22N4O2. The van der Waals surface area contributed by atoms with Gasteiger partial charge in [0.1, 0.15) is 5.82 Å². The highest BCUT2D eigenvalue weighted by atomic mass is 16.5. The third-order valence-electron chi connectivity index (χ3n) is 5.40. The Hall–Kier alpha value is -3.77. The summed E-state index contributed by atoms with van der Waals surface area (Å²) in [5.74, 6) is 0.312. The predicted octanol–water partition coefficient (Wildman–Crippen LogP) is 4.39. The van der Waals surface area contributed by atoms with Crippen LogP contribution in [0, 0.1) is 0 Å². The summed E-state index contributed by atoms with van der Waals surface area (Å²) in [6, 6.07) is 23.2. The van der Waals surface area contributed by atoms with Crippen molar-refractivity contribution in [1.29, 1.82) is 0 Å². The molecule has 3 heterocycles. The van der Waals surface area contributed by atoms with E-state index >= 15 is 0 Å². The number of morpholine rings is 1. The lowest BCUT2D eigenvalue weighted by Crippen LogP contribution is -2.36. The molecule has 1 aliphatic heterocycles. The Bertz CT molecular complexity index is 1200. The summed E-state index contributed by atoms with van der Waals surface area (Å²) in [5.41, 5.74) is 4.12. The molecular weight excluding hydrogens is 388 g/mol. The lowest BCUT2D eigenvalue weighted by atomic mass is 10.0. The maximum atomic E-state index is 13.2. The molecule has 154 valence electrons. The molecule has 2 aromatic carbocycles. The third-order valence-corrected chi connectivity index (χ3v) is 5.40. The summed E-state index contributed by atoms with van der Waals surface area (Å²) in [7, 11) is 0. The van der Waals surface area contributed by atoms with Gasteiger partial charge in [-0.05, 0) is 24.3 Å². The van der Waals surface area contributed by atoms with Crippen LogP contribution < -0.4 is 10.2 Å². The van der Waals surface area contributed by atoms with E-state index in [0.29, 0.717) is 11.4 Å². The number of nitrogens with one attached hydrogen (secondary N) is 1. The molecule has 1 fully saturated rings. The van der Waals surface area contributed by atoms with Gasteiger partial charge in [0, 0.05) is 24.0 Å². The van der Waals surface area contributed by atoms with Gasteiger partial charge in [-0.1, -0.05) is 48.5 Å². The van der Waals surface area contributed by atoms with Gasteiger partial charge in [-0.15, -0.1) is 0 Å². The van der Waals surface area contributed by atoms with Gasteiger partial charge in [-0.25, -0.2) is 9.97 Å². The number of anilines is 2. The minimum Gasteiger partial charge on any atom is -0.378 e. The van der Waals surface area contributed by atoms with Crippen LogP contribution in [0.4, 0.5) is 11.5 Å². The number of carbonyl (C=O) groups is 1. The average Bonchev–Trinajstić information content (AvgIpc) is 2.85. The smallest absolute Gasteiger partial charge is 0.257 e. The fourth-order valence-electron chi connectivity index (χ4n) is 3.77. The molecule has 2 aromatic heterocycles. The van der Waals surface area contributed by atoms with Gasteiger partial charge in [-0.2, -0.15) is 0 Å². The highest BCUT2D eigenvalue weighted by molar-refractivity contribution is 6.12. The van der Waals surface area contributed by atoms with E-state index in [4.69, 9.17) is 9.72 Å². The summed E-state index contributed by atoms with van der Waals surface area (Å²) in [5, 5.41) is 3.75. The van der Waals surface area contributed by atoms with Gasteiger partial charge < -0.3 is 15.0 Å². The number of nitrogens with zero attached hydrogens (tertiary/aromatic N) is 3. The molecule has 0 radical (unpaired) electrons. The van der Waals surface area contributed by atoms with Crippen molar-refractivity contribution in [2.75, 3.05) is 36.5 Å². The van der Waals surface area contributed by atoms with Gasteiger partial charge in [0.2, 0.25) is 0 Å². The van der Waals surface area contributed by atoms with Crippen LogP contribution in [0.15, 0.2) is 79.0 Å². The third kappa shape index (κ3) is 4.11. The first kappa shape index (κ1) is 19.2. The van der Waals surface area contributed by atoms with E-state index in [0.717, 1.165) is 54.2 Å². The molecule has 0 bridgehead atoms. The number of hydrogen-bond donors (Lipinski definition) is 1. The molecule has 1 saturated heterocycles. The van der Waals surface area contributed by atoms with E-state index in [-0.39, 0.29) is 5.91 Å². The predicted molar refractivity (Wildman–Crippen MR) is 122 cm³/mol. The minimum atomic E-state index is -0.206. The molecule has 31 heavy (non-hydrogen) atoms. The summed E-state index contributed by atoms with van der Waals surface area (Å²) < 4.78 is 5.40. The molecule has 1 amide bonds. The van der Waals surface area contributed by atoms with E-state index in [2.05, 4.69) is 15.2 Å². The molecule has 1 aliphatic rings. The van der Waals surface area contributed by atoms with Gasteiger partial charge in [0.15, 0.2) is 0 Å². The van der Waals surface area contributed by atoms with Crippen LogP contribution in [0.2, 0.25) is 0 Å². The number of pyridine rings is 2. The van der Waals surface area contributed by atoms with Crippen molar-refractivity contribution in [2.24, 2.45) is 0 Å². The summed E-state index contributed by atoms with van der Waals surface area (Å²) >= 11 is 0. The first-order valence-corrected chi connectivity index (χ1v) is 10.3. The highest BCUT2D eigenvalue weighted by Gasteiger charge is 2.16. The standard InChI is InChI=1S/C25H22N4O2/c30-25(28-24-11-10-19(17-26-24)29-12-14-31-15-13-29)21-16-23(18-6-2-1-3-7-18)27-22-9-5-4-8-20(21)22/h1-11,16-17H,12-15H2,(H,26,28,30). The van der Waals surface area contributed by atoms with Crippen molar-refractivity contribution in [3.8, 4) is 11.3 Å². The van der Waals surface area contributed by atoms with Crippen LogP contribution in [0.5, 0.6) is 0 Å². The van der Waals surface area contributed by atoms with Crippen molar-refractivity contribution in [1.82, 2.24) is 9.97 Å². The first-order valence-electron chi connectivity index (χ1n) is 10.3. The van der Waals surface area contributed by atoms with E-state index in [1.54, 1.807) is 6.20 Å².